The molecule has 1 atom stereocenters. The van der Waals surface area contributed by atoms with Crippen molar-refractivity contribution in [1.82, 2.24) is 8.96 Å². The zero-order valence-electron chi connectivity index (χ0n) is 12.3. The molecule has 2 heterocycles. The van der Waals surface area contributed by atoms with E-state index in [0.717, 1.165) is 3.97 Å². The lowest BCUT2D eigenvalue weighted by atomic mass is 10.2. The largest absolute Gasteiger partial charge is 0.393 e. The average molecular weight is 351 g/mol. The van der Waals surface area contributed by atoms with Crippen LogP contribution in [-0.2, 0) is 16.4 Å². The SMILES string of the molecule is CC(O)Cc1cc2c(Cl)ccnc2n1S(=O)(=O)c1ccccc1. The Kier molecular flexibility index (Phi) is 4.14. The molecule has 0 fully saturated rings. The predicted octanol–water partition coefficient (Wildman–Crippen LogP) is 2.85. The van der Waals surface area contributed by atoms with E-state index in [0.29, 0.717) is 16.1 Å². The van der Waals surface area contributed by atoms with Crippen LogP contribution in [0.25, 0.3) is 11.0 Å². The first-order chi connectivity index (χ1) is 10.9. The van der Waals surface area contributed by atoms with Crippen molar-refractivity contribution in [3.8, 4) is 0 Å². The van der Waals surface area contributed by atoms with Crippen LogP contribution in [-0.4, -0.2) is 28.6 Å². The molecule has 1 unspecified atom stereocenters. The Labute approximate surface area is 139 Å². The monoisotopic (exact) mass is 350 g/mol. The minimum absolute atomic E-state index is 0.158. The molecule has 3 rings (SSSR count). The fourth-order valence-corrected chi connectivity index (χ4v) is 4.22. The number of fused-ring (bicyclic) bond motifs is 1. The van der Waals surface area contributed by atoms with Crippen LogP contribution in [0.2, 0.25) is 5.02 Å². The molecular formula is C16H15ClN2O3S. The Bertz CT molecular complexity index is 950. The van der Waals surface area contributed by atoms with E-state index in [1.807, 2.05) is 0 Å². The van der Waals surface area contributed by atoms with Gasteiger partial charge in [0.2, 0.25) is 0 Å². The summed E-state index contributed by atoms with van der Waals surface area (Å²) in [6.07, 6.45) is 0.954. The molecule has 0 amide bonds. The highest BCUT2D eigenvalue weighted by atomic mass is 35.5. The maximum atomic E-state index is 13.0. The Hall–Kier alpha value is -1.89. The van der Waals surface area contributed by atoms with Crippen molar-refractivity contribution in [3.63, 3.8) is 0 Å². The normalized spacial score (nSPS) is 13.3. The predicted molar refractivity (Wildman–Crippen MR) is 89.2 cm³/mol. The van der Waals surface area contributed by atoms with Gasteiger partial charge in [-0.2, -0.15) is 0 Å². The summed E-state index contributed by atoms with van der Waals surface area (Å²) in [5.41, 5.74) is 0.705. The van der Waals surface area contributed by atoms with Gasteiger partial charge in [-0.15, -0.1) is 0 Å². The number of nitrogens with zero attached hydrogens (tertiary/aromatic N) is 2. The summed E-state index contributed by atoms with van der Waals surface area (Å²) in [4.78, 5) is 4.34. The lowest BCUT2D eigenvalue weighted by Crippen LogP contribution is -2.18. The lowest BCUT2D eigenvalue weighted by molar-refractivity contribution is 0.194. The molecule has 0 aliphatic rings. The second-order valence-corrected chi connectivity index (χ2v) is 7.50. The zero-order chi connectivity index (χ0) is 16.6. The third kappa shape index (κ3) is 2.85. The molecule has 120 valence electrons. The summed E-state index contributed by atoms with van der Waals surface area (Å²) >= 11 is 6.16. The molecule has 0 saturated heterocycles. The molecule has 0 saturated carbocycles. The van der Waals surface area contributed by atoms with Gasteiger partial charge in [-0.1, -0.05) is 29.8 Å². The second kappa shape index (κ2) is 5.96. The van der Waals surface area contributed by atoms with Crippen molar-refractivity contribution in [1.29, 1.82) is 0 Å². The van der Waals surface area contributed by atoms with E-state index in [1.54, 1.807) is 37.3 Å². The molecule has 0 spiro atoms. The molecular weight excluding hydrogens is 336 g/mol. The van der Waals surface area contributed by atoms with Gasteiger partial charge in [-0.25, -0.2) is 17.4 Å². The van der Waals surface area contributed by atoms with Gasteiger partial charge in [0.05, 0.1) is 16.0 Å². The van der Waals surface area contributed by atoms with Crippen molar-refractivity contribution in [2.24, 2.45) is 0 Å². The topological polar surface area (TPSA) is 72.2 Å². The van der Waals surface area contributed by atoms with Crippen molar-refractivity contribution in [2.75, 3.05) is 0 Å². The number of rotatable bonds is 4. The van der Waals surface area contributed by atoms with Crippen molar-refractivity contribution in [3.05, 3.63) is 59.4 Å². The summed E-state index contributed by atoms with van der Waals surface area (Å²) in [6.45, 7) is 1.60. The standard InChI is InChI=1S/C16H15ClN2O3S/c1-11(20)9-12-10-14-15(17)7-8-18-16(14)19(12)23(21,22)13-5-3-2-4-6-13/h2-8,10-11,20H,9H2,1H3. The minimum atomic E-state index is -3.83. The van der Waals surface area contributed by atoms with E-state index < -0.39 is 16.1 Å². The van der Waals surface area contributed by atoms with Crippen LogP contribution in [0.4, 0.5) is 0 Å². The number of aromatic nitrogens is 2. The molecule has 2 aromatic heterocycles. The molecule has 0 radical (unpaired) electrons. The summed E-state index contributed by atoms with van der Waals surface area (Å²) in [5, 5.41) is 10.7. The molecule has 1 aromatic carbocycles. The Morgan fingerprint density at radius 1 is 1.26 bits per heavy atom. The average Bonchev–Trinajstić information content (AvgIpc) is 2.87. The summed E-state index contributed by atoms with van der Waals surface area (Å²) in [5.74, 6) is 0. The molecule has 23 heavy (non-hydrogen) atoms. The van der Waals surface area contributed by atoms with E-state index in [1.165, 1.54) is 18.3 Å². The van der Waals surface area contributed by atoms with Crippen molar-refractivity contribution in [2.45, 2.75) is 24.3 Å². The van der Waals surface area contributed by atoms with E-state index in [4.69, 9.17) is 11.6 Å². The van der Waals surface area contributed by atoms with Gasteiger partial charge in [-0.3, -0.25) is 0 Å². The quantitative estimate of drug-likeness (QED) is 0.785. The van der Waals surface area contributed by atoms with Gasteiger partial charge >= 0.3 is 0 Å². The van der Waals surface area contributed by atoms with Crippen LogP contribution in [0.15, 0.2) is 53.6 Å². The van der Waals surface area contributed by atoms with E-state index in [2.05, 4.69) is 4.98 Å². The Morgan fingerprint density at radius 3 is 2.61 bits per heavy atom. The number of aliphatic hydroxyl groups is 1. The summed E-state index contributed by atoms with van der Waals surface area (Å²) < 4.78 is 27.2. The van der Waals surface area contributed by atoms with Crippen LogP contribution in [0.5, 0.6) is 0 Å². The van der Waals surface area contributed by atoms with Crippen LogP contribution in [0.1, 0.15) is 12.6 Å². The fraction of sp³-hybridized carbons (Fsp3) is 0.188. The van der Waals surface area contributed by atoms with Crippen LogP contribution >= 0.6 is 11.6 Å². The third-order valence-electron chi connectivity index (χ3n) is 3.47. The van der Waals surface area contributed by atoms with E-state index in [9.17, 15) is 13.5 Å². The number of halogens is 1. The molecule has 1 N–H and O–H groups in total. The van der Waals surface area contributed by atoms with Gasteiger partial charge in [0.1, 0.15) is 0 Å². The zero-order valence-corrected chi connectivity index (χ0v) is 13.9. The lowest BCUT2D eigenvalue weighted by Gasteiger charge is -2.12. The molecule has 0 bridgehead atoms. The molecule has 0 aliphatic heterocycles. The molecule has 0 aliphatic carbocycles. The van der Waals surface area contributed by atoms with Crippen molar-refractivity contribution < 1.29 is 13.5 Å². The molecule has 5 nitrogen and oxygen atoms in total. The number of hydrogen-bond acceptors (Lipinski definition) is 4. The number of aliphatic hydroxyl groups excluding tert-OH is 1. The Morgan fingerprint density at radius 2 is 1.96 bits per heavy atom. The van der Waals surface area contributed by atoms with Crippen LogP contribution in [0, 0.1) is 0 Å². The van der Waals surface area contributed by atoms with Crippen LogP contribution < -0.4 is 0 Å². The number of hydrogen-bond donors (Lipinski definition) is 1. The first-order valence-electron chi connectivity index (χ1n) is 7.05. The first-order valence-corrected chi connectivity index (χ1v) is 8.86. The van der Waals surface area contributed by atoms with Gasteiger partial charge in [0.25, 0.3) is 10.0 Å². The maximum absolute atomic E-state index is 13.0. The van der Waals surface area contributed by atoms with E-state index >= 15 is 0 Å². The van der Waals surface area contributed by atoms with Crippen molar-refractivity contribution >= 4 is 32.7 Å². The fourth-order valence-electron chi connectivity index (χ4n) is 2.51. The van der Waals surface area contributed by atoms with Gasteiger partial charge in [0.15, 0.2) is 5.65 Å². The maximum Gasteiger partial charge on any atom is 0.269 e. The number of pyridine rings is 1. The first kappa shape index (κ1) is 16.0. The highest BCUT2D eigenvalue weighted by molar-refractivity contribution is 7.90. The van der Waals surface area contributed by atoms with Gasteiger partial charge in [0, 0.05) is 23.7 Å². The highest BCUT2D eigenvalue weighted by Gasteiger charge is 2.25. The summed E-state index contributed by atoms with van der Waals surface area (Å²) in [7, 11) is -3.83. The van der Waals surface area contributed by atoms with Crippen LogP contribution in [0.3, 0.4) is 0 Å². The minimum Gasteiger partial charge on any atom is -0.393 e. The third-order valence-corrected chi connectivity index (χ3v) is 5.55. The highest BCUT2D eigenvalue weighted by Crippen LogP contribution is 2.29. The van der Waals surface area contributed by atoms with Gasteiger partial charge in [-0.05, 0) is 31.2 Å². The van der Waals surface area contributed by atoms with Gasteiger partial charge < -0.3 is 5.11 Å². The Balaban J connectivity index is 2.33. The number of benzene rings is 1. The smallest absolute Gasteiger partial charge is 0.269 e. The van der Waals surface area contributed by atoms with E-state index in [-0.39, 0.29) is 17.0 Å². The molecule has 3 aromatic rings. The molecule has 7 heteroatoms. The summed E-state index contributed by atoms with van der Waals surface area (Å²) in [6, 6.07) is 11.4. The second-order valence-electron chi connectivity index (χ2n) is 5.30.